The van der Waals surface area contributed by atoms with Crippen LogP contribution in [0.15, 0.2) is 79.0 Å². The van der Waals surface area contributed by atoms with Crippen LogP contribution in [-0.4, -0.2) is 47.0 Å². The van der Waals surface area contributed by atoms with E-state index in [4.69, 9.17) is 24.4 Å². The van der Waals surface area contributed by atoms with Gasteiger partial charge >= 0.3 is 0 Å². The lowest BCUT2D eigenvalue weighted by atomic mass is 9.96. The lowest BCUT2D eigenvalue weighted by Gasteiger charge is -2.32. The van der Waals surface area contributed by atoms with Crippen LogP contribution in [0.2, 0.25) is 5.02 Å². The highest BCUT2D eigenvalue weighted by atomic mass is 35.5. The number of nitrogens with one attached hydrogen (secondary N) is 1. The number of benzene rings is 3. The number of anilines is 1. The summed E-state index contributed by atoms with van der Waals surface area (Å²) in [6, 6.07) is 25.1. The summed E-state index contributed by atoms with van der Waals surface area (Å²) in [6.45, 7) is 4.09. The maximum atomic E-state index is 6.46. The fourth-order valence-electron chi connectivity index (χ4n) is 5.11. The minimum absolute atomic E-state index is 0.550. The summed E-state index contributed by atoms with van der Waals surface area (Å²) >= 11 is 6.46. The van der Waals surface area contributed by atoms with Crippen LogP contribution in [0.25, 0.3) is 27.7 Å². The lowest BCUT2D eigenvalue weighted by Crippen LogP contribution is -2.35. The highest BCUT2D eigenvalue weighted by Crippen LogP contribution is 2.29. The van der Waals surface area contributed by atoms with E-state index in [1.54, 1.807) is 10.7 Å². The Hall–Kier alpha value is -3.35. The molecule has 1 N–H and O–H groups in total. The second-order valence-electron chi connectivity index (χ2n) is 9.62. The highest BCUT2D eigenvalue weighted by Gasteiger charge is 2.20. The fourth-order valence-corrected chi connectivity index (χ4v) is 5.34. The van der Waals surface area contributed by atoms with Crippen molar-refractivity contribution in [2.45, 2.75) is 19.4 Å². The van der Waals surface area contributed by atoms with Crippen molar-refractivity contribution in [3.05, 3.63) is 89.6 Å². The number of nitrogens with zero attached hydrogens (tertiary/aromatic N) is 4. The second kappa shape index (κ2) is 9.96. The largest absolute Gasteiger partial charge is 0.370 e. The van der Waals surface area contributed by atoms with E-state index < -0.39 is 0 Å². The van der Waals surface area contributed by atoms with Crippen LogP contribution in [0.1, 0.15) is 18.4 Å². The van der Waals surface area contributed by atoms with Gasteiger partial charge in [-0.3, -0.25) is 4.90 Å². The molecule has 0 atom stereocenters. The average Bonchev–Trinajstić information content (AvgIpc) is 3.29. The van der Waals surface area contributed by atoms with Gasteiger partial charge in [0.25, 0.3) is 0 Å². The molecule has 5 aromatic rings. The molecule has 2 aromatic heterocycles. The van der Waals surface area contributed by atoms with Crippen molar-refractivity contribution in [2.24, 2.45) is 5.92 Å². The molecule has 36 heavy (non-hydrogen) atoms. The Kier molecular flexibility index (Phi) is 6.38. The molecule has 5 nitrogen and oxygen atoms in total. The van der Waals surface area contributed by atoms with E-state index in [0.717, 1.165) is 56.1 Å². The van der Waals surface area contributed by atoms with Crippen molar-refractivity contribution in [3.63, 3.8) is 0 Å². The van der Waals surface area contributed by atoms with Gasteiger partial charge in [-0.2, -0.15) is 9.61 Å². The molecule has 1 saturated heterocycles. The van der Waals surface area contributed by atoms with E-state index in [1.807, 2.05) is 30.3 Å². The molecule has 2 radical (unpaired) electrons. The molecule has 0 unspecified atom stereocenters. The fraction of sp³-hybridized carbons (Fsp3) is 0.241. The molecule has 0 saturated carbocycles. The molecule has 0 spiro atoms. The van der Waals surface area contributed by atoms with Crippen molar-refractivity contribution in [1.29, 1.82) is 0 Å². The molecule has 0 bridgehead atoms. The van der Waals surface area contributed by atoms with Gasteiger partial charge in [-0.05, 0) is 65.8 Å². The van der Waals surface area contributed by atoms with E-state index in [1.165, 1.54) is 16.3 Å². The Morgan fingerprint density at radius 2 is 1.72 bits per heavy atom. The Labute approximate surface area is 217 Å². The molecule has 0 amide bonds. The third kappa shape index (κ3) is 4.71. The monoisotopic (exact) mass is 491 g/mol. The maximum Gasteiger partial charge on any atom is 0.150 e. The van der Waals surface area contributed by atoms with Crippen LogP contribution >= 0.6 is 11.6 Å². The number of halogens is 1. The van der Waals surface area contributed by atoms with Crippen molar-refractivity contribution >= 4 is 47.1 Å². The number of rotatable bonds is 6. The molecule has 1 aliphatic rings. The Bertz CT molecular complexity index is 1520. The zero-order valence-corrected chi connectivity index (χ0v) is 20.8. The summed E-state index contributed by atoms with van der Waals surface area (Å²) in [5, 5.41) is 11.3. The van der Waals surface area contributed by atoms with Crippen molar-refractivity contribution < 1.29 is 0 Å². The first-order valence-electron chi connectivity index (χ1n) is 12.5. The van der Waals surface area contributed by atoms with Crippen LogP contribution in [0.3, 0.4) is 0 Å². The third-order valence-corrected chi connectivity index (χ3v) is 7.48. The van der Waals surface area contributed by atoms with Gasteiger partial charge in [-0.25, -0.2) is 4.98 Å². The molecule has 6 rings (SSSR count). The summed E-state index contributed by atoms with van der Waals surface area (Å²) in [5.74, 6) is 1.47. The molecular weight excluding hydrogens is 465 g/mol. The van der Waals surface area contributed by atoms with Crippen LogP contribution in [0.4, 0.5) is 5.82 Å². The van der Waals surface area contributed by atoms with Crippen molar-refractivity contribution in [1.82, 2.24) is 19.5 Å². The zero-order chi connectivity index (χ0) is 24.5. The van der Waals surface area contributed by atoms with Gasteiger partial charge in [0.15, 0.2) is 5.65 Å². The average molecular weight is 492 g/mol. The van der Waals surface area contributed by atoms with Crippen molar-refractivity contribution in [2.75, 3.05) is 25.0 Å². The molecule has 0 aliphatic carbocycles. The van der Waals surface area contributed by atoms with Gasteiger partial charge in [0.2, 0.25) is 0 Å². The summed E-state index contributed by atoms with van der Waals surface area (Å²) in [5.41, 5.74) is 4.24. The molecule has 1 aliphatic heterocycles. The Morgan fingerprint density at radius 1 is 0.944 bits per heavy atom. The minimum atomic E-state index is 0.550. The van der Waals surface area contributed by atoms with Crippen LogP contribution < -0.4 is 10.8 Å². The SMILES string of the molecule is [B]c1cnn2c(NCC3CCN(Cc4ccc5ccccc5c4)CC3)cc(-c3ccccc3Cl)nc12. The summed E-state index contributed by atoms with van der Waals surface area (Å²) < 4.78 is 1.78. The van der Waals surface area contributed by atoms with Gasteiger partial charge in [0, 0.05) is 35.9 Å². The van der Waals surface area contributed by atoms with Gasteiger partial charge in [0.1, 0.15) is 13.7 Å². The summed E-state index contributed by atoms with van der Waals surface area (Å²) in [6.07, 6.45) is 3.97. The second-order valence-corrected chi connectivity index (χ2v) is 10.0. The Balaban J connectivity index is 1.12. The number of aromatic nitrogens is 3. The van der Waals surface area contributed by atoms with Gasteiger partial charge in [-0.15, -0.1) is 0 Å². The van der Waals surface area contributed by atoms with Gasteiger partial charge in [-0.1, -0.05) is 66.2 Å². The lowest BCUT2D eigenvalue weighted by molar-refractivity contribution is 0.182. The first kappa shape index (κ1) is 23.1. The van der Waals surface area contributed by atoms with Crippen LogP contribution in [0, 0.1) is 5.92 Å². The predicted octanol–water partition coefficient (Wildman–Crippen LogP) is 5.32. The highest BCUT2D eigenvalue weighted by molar-refractivity contribution is 6.36. The van der Waals surface area contributed by atoms with Crippen molar-refractivity contribution in [3.8, 4) is 11.3 Å². The summed E-state index contributed by atoms with van der Waals surface area (Å²) in [4.78, 5) is 7.30. The Morgan fingerprint density at radius 3 is 2.56 bits per heavy atom. The van der Waals surface area contributed by atoms with Gasteiger partial charge in [0.05, 0.1) is 5.69 Å². The summed E-state index contributed by atoms with van der Waals surface area (Å²) in [7, 11) is 6.17. The molecule has 3 aromatic carbocycles. The van der Waals surface area contributed by atoms with E-state index in [9.17, 15) is 0 Å². The molecular formula is C29H27BClN5. The quantitative estimate of drug-likeness (QED) is 0.327. The number of fused-ring (bicyclic) bond motifs is 2. The smallest absolute Gasteiger partial charge is 0.150 e. The predicted molar refractivity (Wildman–Crippen MR) is 149 cm³/mol. The van der Waals surface area contributed by atoms with Crippen LogP contribution in [-0.2, 0) is 6.54 Å². The molecule has 7 heteroatoms. The van der Waals surface area contributed by atoms with E-state index in [-0.39, 0.29) is 0 Å². The third-order valence-electron chi connectivity index (χ3n) is 7.15. The first-order valence-corrected chi connectivity index (χ1v) is 12.8. The standard InChI is InChI=1S/C29H27BClN5/c30-25-18-33-36-28(16-27(34-29(25)36)24-7-3-4-8-26(24)31)32-17-20-11-13-35(14-12-20)19-21-9-10-22-5-1-2-6-23(22)15-21/h1-10,15-16,18,20,32H,11-14,17,19H2. The van der Waals surface area contributed by atoms with Crippen LogP contribution in [0.5, 0.6) is 0 Å². The molecule has 178 valence electrons. The maximum absolute atomic E-state index is 6.46. The normalized spacial score (nSPS) is 15.0. The molecule has 3 heterocycles. The number of hydrogen-bond donors (Lipinski definition) is 1. The zero-order valence-electron chi connectivity index (χ0n) is 20.1. The molecule has 1 fully saturated rings. The van der Waals surface area contributed by atoms with E-state index in [0.29, 0.717) is 22.1 Å². The number of piperidine rings is 1. The number of likely N-dealkylation sites (tertiary alicyclic amines) is 1. The first-order chi connectivity index (χ1) is 17.6. The minimum Gasteiger partial charge on any atom is -0.370 e. The van der Waals surface area contributed by atoms with E-state index >= 15 is 0 Å². The number of hydrogen-bond acceptors (Lipinski definition) is 4. The topological polar surface area (TPSA) is 45.5 Å². The van der Waals surface area contributed by atoms with E-state index in [2.05, 4.69) is 57.8 Å². The van der Waals surface area contributed by atoms with Gasteiger partial charge < -0.3 is 5.32 Å².